The van der Waals surface area contributed by atoms with E-state index in [9.17, 15) is 4.79 Å². The van der Waals surface area contributed by atoms with Crippen molar-refractivity contribution in [2.45, 2.75) is 39.7 Å². The van der Waals surface area contributed by atoms with E-state index in [0.29, 0.717) is 5.92 Å². The second-order valence-corrected chi connectivity index (χ2v) is 5.83. The smallest absolute Gasteiger partial charge is 0.256 e. The molecule has 1 aliphatic heterocycles. The summed E-state index contributed by atoms with van der Waals surface area (Å²) < 4.78 is 0. The van der Waals surface area contributed by atoms with Gasteiger partial charge in [0, 0.05) is 17.9 Å². The Kier molecular flexibility index (Phi) is 4.55. The molecule has 1 saturated heterocycles. The third-order valence-corrected chi connectivity index (χ3v) is 4.52. The lowest BCUT2D eigenvalue weighted by Gasteiger charge is -2.26. The van der Waals surface area contributed by atoms with Crippen molar-refractivity contribution in [3.05, 3.63) is 23.0 Å². The molecule has 0 N–H and O–H groups in total. The molecular weight excluding hydrogens is 306 g/mol. The molecule has 104 valence electrons. The van der Waals surface area contributed by atoms with Crippen LogP contribution < -0.4 is 0 Å². The van der Waals surface area contributed by atoms with Gasteiger partial charge >= 0.3 is 0 Å². The van der Waals surface area contributed by atoms with Crippen LogP contribution in [-0.2, 0) is 6.42 Å². The van der Waals surface area contributed by atoms with Crippen LogP contribution in [0.1, 0.15) is 42.0 Å². The average molecular weight is 326 g/mol. The SMILES string of the molecule is CCc1nnc(C)cc1C(=O)N1CCC(C)C1CBr. The summed E-state index contributed by atoms with van der Waals surface area (Å²) in [6.45, 7) is 6.92. The van der Waals surface area contributed by atoms with Gasteiger partial charge in [-0.2, -0.15) is 10.2 Å². The number of nitrogens with zero attached hydrogens (tertiary/aromatic N) is 3. The maximum Gasteiger partial charge on any atom is 0.256 e. The van der Waals surface area contributed by atoms with Crippen molar-refractivity contribution < 1.29 is 4.79 Å². The van der Waals surface area contributed by atoms with Gasteiger partial charge in [0.25, 0.3) is 5.91 Å². The molecule has 1 fully saturated rings. The quantitative estimate of drug-likeness (QED) is 0.802. The molecule has 2 heterocycles. The van der Waals surface area contributed by atoms with Crippen molar-refractivity contribution in [2.24, 2.45) is 5.92 Å². The highest BCUT2D eigenvalue weighted by molar-refractivity contribution is 9.09. The first-order chi connectivity index (χ1) is 9.08. The molecule has 1 amide bonds. The third kappa shape index (κ3) is 2.81. The number of carbonyl (C=O) groups excluding carboxylic acids is 1. The molecule has 19 heavy (non-hydrogen) atoms. The van der Waals surface area contributed by atoms with Gasteiger partial charge in [-0.15, -0.1) is 0 Å². The van der Waals surface area contributed by atoms with Crippen LogP contribution in [0.2, 0.25) is 0 Å². The van der Waals surface area contributed by atoms with E-state index in [2.05, 4.69) is 33.1 Å². The predicted octanol–water partition coefficient (Wildman–Crippen LogP) is 2.59. The minimum Gasteiger partial charge on any atom is -0.334 e. The predicted molar refractivity (Wildman–Crippen MR) is 78.5 cm³/mol. The Labute approximate surface area is 122 Å². The summed E-state index contributed by atoms with van der Waals surface area (Å²) >= 11 is 3.53. The second kappa shape index (κ2) is 5.99. The fraction of sp³-hybridized carbons (Fsp3) is 0.643. The molecule has 1 aromatic heterocycles. The molecule has 1 aliphatic rings. The summed E-state index contributed by atoms with van der Waals surface area (Å²) in [5, 5.41) is 9.03. The lowest BCUT2D eigenvalue weighted by molar-refractivity contribution is 0.0736. The summed E-state index contributed by atoms with van der Waals surface area (Å²) in [6, 6.07) is 2.15. The Hall–Kier alpha value is -0.970. The molecule has 5 heteroatoms. The zero-order chi connectivity index (χ0) is 14.0. The van der Waals surface area contributed by atoms with Crippen molar-refractivity contribution in [2.75, 3.05) is 11.9 Å². The van der Waals surface area contributed by atoms with Crippen LogP contribution in [0.5, 0.6) is 0 Å². The van der Waals surface area contributed by atoms with Crippen LogP contribution in [0.4, 0.5) is 0 Å². The van der Waals surface area contributed by atoms with Crippen molar-refractivity contribution >= 4 is 21.8 Å². The Balaban J connectivity index is 2.31. The van der Waals surface area contributed by atoms with Gasteiger partial charge in [0.2, 0.25) is 0 Å². The number of rotatable bonds is 3. The van der Waals surface area contributed by atoms with E-state index in [1.807, 2.05) is 24.8 Å². The van der Waals surface area contributed by atoms with E-state index < -0.39 is 0 Å². The molecule has 0 spiro atoms. The highest BCUT2D eigenvalue weighted by Crippen LogP contribution is 2.27. The molecule has 0 bridgehead atoms. The van der Waals surface area contributed by atoms with Gasteiger partial charge < -0.3 is 4.90 Å². The first-order valence-corrected chi connectivity index (χ1v) is 7.90. The molecule has 1 aromatic rings. The fourth-order valence-corrected chi connectivity index (χ4v) is 3.60. The number of likely N-dealkylation sites (tertiary alicyclic amines) is 1. The van der Waals surface area contributed by atoms with E-state index in [4.69, 9.17) is 0 Å². The maximum atomic E-state index is 12.7. The van der Waals surface area contributed by atoms with Crippen LogP contribution in [0.25, 0.3) is 0 Å². The number of amides is 1. The van der Waals surface area contributed by atoms with Gasteiger partial charge in [0.15, 0.2) is 0 Å². The third-order valence-electron chi connectivity index (χ3n) is 3.86. The molecule has 2 rings (SSSR count). The van der Waals surface area contributed by atoms with Crippen molar-refractivity contribution in [3.8, 4) is 0 Å². The molecule has 0 aliphatic carbocycles. The lowest BCUT2D eigenvalue weighted by Crippen LogP contribution is -2.39. The average Bonchev–Trinajstić information content (AvgIpc) is 2.78. The maximum absolute atomic E-state index is 12.7. The highest BCUT2D eigenvalue weighted by atomic mass is 79.9. The first kappa shape index (κ1) is 14.4. The van der Waals surface area contributed by atoms with E-state index >= 15 is 0 Å². The van der Waals surface area contributed by atoms with Gasteiger partial charge in [-0.1, -0.05) is 29.8 Å². The highest BCUT2D eigenvalue weighted by Gasteiger charge is 2.34. The molecule has 0 radical (unpaired) electrons. The zero-order valence-electron chi connectivity index (χ0n) is 11.7. The molecule has 2 atom stereocenters. The fourth-order valence-electron chi connectivity index (χ4n) is 2.61. The zero-order valence-corrected chi connectivity index (χ0v) is 13.3. The van der Waals surface area contributed by atoms with E-state index in [-0.39, 0.29) is 11.9 Å². The van der Waals surface area contributed by atoms with E-state index in [1.165, 1.54) is 0 Å². The summed E-state index contributed by atoms with van der Waals surface area (Å²) in [5.41, 5.74) is 2.31. The molecule has 0 aromatic carbocycles. The minimum atomic E-state index is 0.101. The van der Waals surface area contributed by atoms with Gasteiger partial charge in [0.05, 0.1) is 17.0 Å². The molecule has 4 nitrogen and oxygen atoms in total. The lowest BCUT2D eigenvalue weighted by atomic mass is 10.0. The van der Waals surface area contributed by atoms with Crippen LogP contribution in [0.3, 0.4) is 0 Å². The Morgan fingerprint density at radius 1 is 1.53 bits per heavy atom. The van der Waals surface area contributed by atoms with Crippen LogP contribution in [0, 0.1) is 12.8 Å². The second-order valence-electron chi connectivity index (χ2n) is 5.19. The Bertz CT molecular complexity index is 478. The normalized spacial score (nSPS) is 22.8. The summed E-state index contributed by atoms with van der Waals surface area (Å²) in [4.78, 5) is 14.7. The summed E-state index contributed by atoms with van der Waals surface area (Å²) in [5.74, 6) is 0.646. The number of halogens is 1. The van der Waals surface area contributed by atoms with E-state index in [1.54, 1.807) is 0 Å². The largest absolute Gasteiger partial charge is 0.334 e. The monoisotopic (exact) mass is 325 g/mol. The summed E-state index contributed by atoms with van der Waals surface area (Å²) in [6.07, 6.45) is 1.80. The van der Waals surface area contributed by atoms with Gasteiger partial charge in [-0.25, -0.2) is 0 Å². The van der Waals surface area contributed by atoms with Gasteiger partial charge in [-0.3, -0.25) is 4.79 Å². The molecular formula is C14H20BrN3O. The number of hydrogen-bond donors (Lipinski definition) is 0. The van der Waals surface area contributed by atoms with Crippen molar-refractivity contribution in [1.82, 2.24) is 15.1 Å². The number of aryl methyl sites for hydroxylation is 2. The van der Waals surface area contributed by atoms with E-state index in [0.717, 1.165) is 41.7 Å². The van der Waals surface area contributed by atoms with Crippen LogP contribution >= 0.6 is 15.9 Å². The van der Waals surface area contributed by atoms with Gasteiger partial charge in [0.1, 0.15) is 0 Å². The minimum absolute atomic E-state index is 0.101. The topological polar surface area (TPSA) is 46.1 Å². The number of alkyl halides is 1. The van der Waals surface area contributed by atoms with Crippen molar-refractivity contribution in [1.29, 1.82) is 0 Å². The molecule has 0 saturated carbocycles. The molecule has 2 unspecified atom stereocenters. The van der Waals surface area contributed by atoms with Crippen LogP contribution in [0.15, 0.2) is 6.07 Å². The summed E-state index contributed by atoms with van der Waals surface area (Å²) in [7, 11) is 0. The van der Waals surface area contributed by atoms with Gasteiger partial charge in [-0.05, 0) is 31.7 Å². The Morgan fingerprint density at radius 2 is 2.26 bits per heavy atom. The van der Waals surface area contributed by atoms with Crippen molar-refractivity contribution in [3.63, 3.8) is 0 Å². The number of carbonyl (C=O) groups is 1. The number of aromatic nitrogens is 2. The van der Waals surface area contributed by atoms with Crippen LogP contribution in [-0.4, -0.2) is 38.9 Å². The first-order valence-electron chi connectivity index (χ1n) is 6.78. The number of hydrogen-bond acceptors (Lipinski definition) is 3. The Morgan fingerprint density at radius 3 is 2.89 bits per heavy atom. The standard InChI is InChI=1S/C14H20BrN3O/c1-4-12-11(7-10(3)16-17-12)14(19)18-6-5-9(2)13(18)8-15/h7,9,13H,4-6,8H2,1-3H3.